The summed E-state index contributed by atoms with van der Waals surface area (Å²) in [5, 5.41) is 7.99. The summed E-state index contributed by atoms with van der Waals surface area (Å²) in [6.45, 7) is 6.72. The first-order valence-corrected chi connectivity index (χ1v) is 21.8. The molecule has 5 heterocycles. The van der Waals surface area contributed by atoms with Gasteiger partial charge in [-0.3, -0.25) is 4.99 Å². The summed E-state index contributed by atoms with van der Waals surface area (Å²) in [5.74, 6) is -0.0443. The van der Waals surface area contributed by atoms with Gasteiger partial charge in [0.15, 0.2) is 0 Å². The Bertz CT molecular complexity index is 3810. The number of fused-ring (bicyclic) bond motifs is 17. The van der Waals surface area contributed by atoms with Gasteiger partial charge in [0.25, 0.3) is 0 Å². The molecule has 2 aliphatic heterocycles. The minimum atomic E-state index is -0.226. The lowest BCUT2D eigenvalue weighted by Crippen LogP contribution is -2.24. The Kier molecular flexibility index (Phi) is 7.83. The Morgan fingerprint density at radius 1 is 0.603 bits per heavy atom. The zero-order valence-electron chi connectivity index (χ0n) is 34.7. The van der Waals surface area contributed by atoms with Gasteiger partial charge in [-0.15, -0.1) is 0 Å². The molecule has 0 aliphatic carbocycles. The van der Waals surface area contributed by atoms with Crippen LogP contribution in [0.4, 0.5) is 0 Å². The molecule has 0 amide bonds. The average molecular weight is 809 g/mol. The molecule has 0 radical (unpaired) electrons. The lowest BCUT2D eigenvalue weighted by atomic mass is 9.74. The van der Waals surface area contributed by atoms with Crippen molar-refractivity contribution in [3.05, 3.63) is 216 Å². The van der Waals surface area contributed by atoms with Crippen LogP contribution in [0, 0.1) is 5.92 Å². The van der Waals surface area contributed by atoms with Crippen LogP contribution in [-0.4, -0.2) is 10.3 Å². The second kappa shape index (κ2) is 13.8. The van der Waals surface area contributed by atoms with Gasteiger partial charge in [0.1, 0.15) is 22.3 Å². The zero-order chi connectivity index (χ0) is 41.8. The van der Waals surface area contributed by atoms with Gasteiger partial charge in [0.2, 0.25) is 0 Å². The molecular formula is C59H40N2O2. The third-order valence-electron chi connectivity index (χ3n) is 13.6. The van der Waals surface area contributed by atoms with E-state index in [1.54, 1.807) is 0 Å². The maximum Gasteiger partial charge on any atom is 0.145 e. The number of benzene rings is 8. The van der Waals surface area contributed by atoms with Crippen LogP contribution in [0.3, 0.4) is 0 Å². The standard InChI is InChI=1S/C59H40N2O2/c1-3-49-42-23-14-24-47-55(56-50(30-29-46-44-22-10-12-26-53(44)63-59(46)56)61(49)51-33-39-18-8-7-17-38(39)32-48(42)51)35(2)57(41-27-28-45-43-21-9-11-25-52(43)62-54(45)34-41)60-58(47)40-20-13-19-37(31-40)36-15-5-4-6-16-36/h3-23,25-34,47,58H,1,24H2,2H3/b23-14-/t47?,58-/m0/s1. The second-order valence-electron chi connectivity index (χ2n) is 17.0. The van der Waals surface area contributed by atoms with Crippen LogP contribution in [0.2, 0.25) is 0 Å². The molecule has 2 atom stereocenters. The van der Waals surface area contributed by atoms with E-state index in [2.05, 4.69) is 188 Å². The van der Waals surface area contributed by atoms with E-state index in [0.29, 0.717) is 0 Å². The van der Waals surface area contributed by atoms with Crippen molar-refractivity contribution in [3.8, 4) is 16.8 Å². The third kappa shape index (κ3) is 5.38. The van der Waals surface area contributed by atoms with Gasteiger partial charge in [-0.1, -0.05) is 134 Å². The number of nitrogens with zero attached hydrogens (tertiary/aromatic N) is 2. The first-order valence-electron chi connectivity index (χ1n) is 21.8. The third-order valence-corrected chi connectivity index (χ3v) is 13.6. The Balaban J connectivity index is 1.15. The van der Waals surface area contributed by atoms with Crippen molar-refractivity contribution in [1.29, 1.82) is 0 Å². The van der Waals surface area contributed by atoms with E-state index in [-0.39, 0.29) is 12.0 Å². The fourth-order valence-corrected chi connectivity index (χ4v) is 10.7. The second-order valence-corrected chi connectivity index (χ2v) is 17.0. The topological polar surface area (TPSA) is 43.6 Å². The smallest absolute Gasteiger partial charge is 0.145 e. The molecule has 0 spiro atoms. The highest BCUT2D eigenvalue weighted by Gasteiger charge is 2.38. The fourth-order valence-electron chi connectivity index (χ4n) is 10.7. The van der Waals surface area contributed by atoms with Gasteiger partial charge in [-0.25, -0.2) is 0 Å². The molecule has 1 unspecified atom stereocenters. The quantitative estimate of drug-likeness (QED) is 0.178. The van der Waals surface area contributed by atoms with Gasteiger partial charge >= 0.3 is 0 Å². The SMILES string of the molecule is C=Cc1c2c3cc4ccccc4cc3n1-c1ccc3c(oc4ccccc43)c1C1=C(C)C(c3ccc4c(c3)oc3ccccc34)=N[C@@H](c3cccc(-c4ccccc4)c3)C1C/C=C\2. The first kappa shape index (κ1) is 35.8. The molecule has 4 nitrogen and oxygen atoms in total. The first-order chi connectivity index (χ1) is 31.1. The molecular weight excluding hydrogens is 769 g/mol. The predicted octanol–water partition coefficient (Wildman–Crippen LogP) is 15.9. The van der Waals surface area contributed by atoms with Crippen LogP contribution in [0.1, 0.15) is 47.3 Å². The maximum absolute atomic E-state index is 7.12. The summed E-state index contributed by atoms with van der Waals surface area (Å²) in [6.07, 6.45) is 7.47. The van der Waals surface area contributed by atoms with E-state index in [9.17, 15) is 0 Å². The van der Waals surface area contributed by atoms with Crippen molar-refractivity contribution in [3.63, 3.8) is 0 Å². The van der Waals surface area contributed by atoms with Crippen LogP contribution < -0.4 is 0 Å². The highest BCUT2D eigenvalue weighted by molar-refractivity contribution is 6.21. The van der Waals surface area contributed by atoms with Gasteiger partial charge in [0.05, 0.1) is 28.7 Å². The van der Waals surface area contributed by atoms with Gasteiger partial charge < -0.3 is 13.4 Å². The largest absolute Gasteiger partial charge is 0.456 e. The van der Waals surface area contributed by atoms with Crippen LogP contribution >= 0.6 is 0 Å². The van der Waals surface area contributed by atoms with Crippen molar-refractivity contribution in [1.82, 2.24) is 4.57 Å². The molecule has 0 fully saturated rings. The van der Waals surface area contributed by atoms with E-state index in [1.807, 2.05) is 18.2 Å². The molecule has 2 bridgehead atoms. The number of para-hydroxylation sites is 2. The predicted molar refractivity (Wildman–Crippen MR) is 263 cm³/mol. The lowest BCUT2D eigenvalue weighted by Gasteiger charge is -2.35. The minimum Gasteiger partial charge on any atom is -0.456 e. The normalized spacial score (nSPS) is 16.8. The van der Waals surface area contributed by atoms with Crippen molar-refractivity contribution >= 4 is 89.0 Å². The molecule has 298 valence electrons. The Morgan fingerprint density at radius 3 is 2.13 bits per heavy atom. The molecule has 0 saturated carbocycles. The van der Waals surface area contributed by atoms with Crippen LogP contribution in [-0.2, 0) is 0 Å². The summed E-state index contributed by atoms with van der Waals surface area (Å²) >= 11 is 0. The summed E-state index contributed by atoms with van der Waals surface area (Å²) in [4.78, 5) is 5.88. The average Bonchev–Trinajstić information content (AvgIpc) is 3.99. The highest BCUT2D eigenvalue weighted by Crippen LogP contribution is 2.52. The monoisotopic (exact) mass is 808 g/mol. The summed E-state index contributed by atoms with van der Waals surface area (Å²) in [6, 6.07) is 60.6. The number of allylic oxidation sites excluding steroid dienone is 2. The van der Waals surface area contributed by atoms with Crippen molar-refractivity contribution in [2.24, 2.45) is 10.9 Å². The molecule has 11 aromatic rings. The molecule has 4 heteroatoms. The van der Waals surface area contributed by atoms with Crippen LogP contribution in [0.15, 0.2) is 202 Å². The Morgan fingerprint density at radius 2 is 1.30 bits per heavy atom. The Hall–Kier alpha value is -7.95. The van der Waals surface area contributed by atoms with E-state index in [1.165, 1.54) is 38.4 Å². The molecule has 63 heavy (non-hydrogen) atoms. The van der Waals surface area contributed by atoms with Gasteiger partial charge in [-0.05, 0) is 113 Å². The molecule has 13 rings (SSSR count). The van der Waals surface area contributed by atoms with E-state index in [4.69, 9.17) is 13.8 Å². The number of furan rings is 2. The van der Waals surface area contributed by atoms with Crippen LogP contribution in [0.5, 0.6) is 0 Å². The van der Waals surface area contributed by atoms with Crippen molar-refractivity contribution < 1.29 is 8.83 Å². The summed E-state index contributed by atoms with van der Waals surface area (Å²) in [7, 11) is 0. The zero-order valence-corrected chi connectivity index (χ0v) is 34.7. The Labute approximate surface area is 364 Å². The number of hydrogen-bond donors (Lipinski definition) is 0. The van der Waals surface area contributed by atoms with Crippen molar-refractivity contribution in [2.75, 3.05) is 0 Å². The fraction of sp³-hybridized carbons (Fsp3) is 0.0678. The molecule has 0 N–H and O–H groups in total. The summed E-state index contributed by atoms with van der Waals surface area (Å²) < 4.78 is 16.1. The molecule has 3 aromatic heterocycles. The van der Waals surface area contributed by atoms with Gasteiger partial charge in [0, 0.05) is 49.5 Å². The number of hydrogen-bond acceptors (Lipinski definition) is 3. The molecule has 0 saturated heterocycles. The summed E-state index contributed by atoms with van der Waals surface area (Å²) in [5.41, 5.74) is 16.8. The lowest BCUT2D eigenvalue weighted by molar-refractivity contribution is 0.537. The maximum atomic E-state index is 7.12. The molecule has 8 aromatic carbocycles. The molecule has 2 aliphatic rings. The van der Waals surface area contributed by atoms with Gasteiger partial charge in [-0.2, -0.15) is 0 Å². The number of dihydropyridines is 1. The number of aliphatic imine (C=N–C) groups is 1. The van der Waals surface area contributed by atoms with E-state index in [0.717, 1.165) is 95.2 Å². The number of rotatable bonds is 4. The minimum absolute atomic E-state index is 0.0443. The highest BCUT2D eigenvalue weighted by atomic mass is 16.3. The number of aromatic nitrogens is 1. The van der Waals surface area contributed by atoms with Crippen LogP contribution in [0.25, 0.3) is 100 Å². The van der Waals surface area contributed by atoms with E-state index < -0.39 is 0 Å². The van der Waals surface area contributed by atoms with Crippen molar-refractivity contribution in [2.45, 2.75) is 19.4 Å². The van der Waals surface area contributed by atoms with E-state index >= 15 is 0 Å².